The average Bonchev–Trinajstić information content (AvgIpc) is 3.84. The Kier molecular flexibility index (Phi) is 12.4. The van der Waals surface area contributed by atoms with Crippen molar-refractivity contribution in [1.82, 2.24) is 10.2 Å². The molecular weight excluding hydrogens is 637 g/mol. The van der Waals surface area contributed by atoms with Crippen LogP contribution in [0.25, 0.3) is 0 Å². The highest BCUT2D eigenvalue weighted by Crippen LogP contribution is 2.59. The van der Waals surface area contributed by atoms with Gasteiger partial charge in [0.15, 0.2) is 0 Å². The molecule has 0 radical (unpaired) electrons. The number of alkyl halides is 4. The first-order valence-electron chi connectivity index (χ1n) is 16.4. The zero-order valence-corrected chi connectivity index (χ0v) is 27.2. The largest absolute Gasteiger partial charge is 0.478 e. The van der Waals surface area contributed by atoms with Crippen LogP contribution >= 0.6 is 0 Å². The second-order valence-electron chi connectivity index (χ2n) is 12.8. The third-order valence-corrected chi connectivity index (χ3v) is 9.66. The standard InChI is InChI=1S/C35H44F5N3O5/c1-3-22(30(41)23-11-10-21(33(46)47)20-26(23)36)27(12-13-28(44)43-16-4-5-18-48-19-7-17-43)42-32(45)29-24(31(37)38)8-6-9-25(29)35(14-15-35)34(2,39)40/h6,8-11,20,22,27-28,31,41,44H,3-5,7,12-19H2,1-2H3,(H,42,45)(H,46,47). The summed E-state index contributed by atoms with van der Waals surface area (Å²) in [5, 5.41) is 32.1. The number of ether oxygens (including phenoxy) is 1. The van der Waals surface area contributed by atoms with Gasteiger partial charge in [-0.3, -0.25) is 9.69 Å². The molecule has 1 saturated carbocycles. The lowest BCUT2D eigenvalue weighted by Crippen LogP contribution is -2.46. The maximum atomic E-state index is 15.2. The van der Waals surface area contributed by atoms with E-state index in [0.29, 0.717) is 39.6 Å². The smallest absolute Gasteiger partial charge is 0.335 e. The highest BCUT2D eigenvalue weighted by Gasteiger charge is 2.61. The van der Waals surface area contributed by atoms with Crippen LogP contribution in [0.2, 0.25) is 0 Å². The molecule has 13 heteroatoms. The second-order valence-corrected chi connectivity index (χ2v) is 12.8. The number of carboxylic acids is 1. The quantitative estimate of drug-likeness (QED) is 0.127. The SMILES string of the molecule is CCC(C(=N)c1ccc(C(=O)O)cc1F)C(CCC(O)N1CCCCOCCC1)NC(=O)c1c(C(F)F)cccc1C1(C(C)(F)F)CC1. The molecule has 3 atom stereocenters. The van der Waals surface area contributed by atoms with Gasteiger partial charge in [0.2, 0.25) is 0 Å². The van der Waals surface area contributed by atoms with Crippen molar-refractivity contribution in [1.29, 1.82) is 5.41 Å². The van der Waals surface area contributed by atoms with E-state index < -0.39 is 64.8 Å². The van der Waals surface area contributed by atoms with Gasteiger partial charge >= 0.3 is 5.97 Å². The minimum atomic E-state index is -3.30. The minimum Gasteiger partial charge on any atom is -0.478 e. The number of amides is 1. The molecular formula is C35H44F5N3O5. The normalized spacial score (nSPS) is 19.0. The van der Waals surface area contributed by atoms with Crippen molar-refractivity contribution < 1.29 is 46.5 Å². The minimum absolute atomic E-state index is 0.00775. The number of aromatic carboxylic acids is 1. The van der Waals surface area contributed by atoms with E-state index in [0.717, 1.165) is 37.1 Å². The van der Waals surface area contributed by atoms with Gasteiger partial charge in [-0.2, -0.15) is 0 Å². The van der Waals surface area contributed by atoms with Gasteiger partial charge in [0.1, 0.15) is 12.0 Å². The summed E-state index contributed by atoms with van der Waals surface area (Å²) in [6.07, 6.45) is -1.51. The Balaban J connectivity index is 1.70. The summed E-state index contributed by atoms with van der Waals surface area (Å²) >= 11 is 0. The molecule has 0 aromatic heterocycles. The van der Waals surface area contributed by atoms with Crippen LogP contribution in [0, 0.1) is 17.1 Å². The molecule has 2 aromatic rings. The van der Waals surface area contributed by atoms with Gasteiger partial charge in [0.25, 0.3) is 18.3 Å². The van der Waals surface area contributed by atoms with E-state index in [2.05, 4.69) is 5.32 Å². The zero-order chi connectivity index (χ0) is 35.2. The van der Waals surface area contributed by atoms with E-state index in [1.165, 1.54) is 12.1 Å². The van der Waals surface area contributed by atoms with Gasteiger partial charge in [-0.25, -0.2) is 26.7 Å². The van der Waals surface area contributed by atoms with Gasteiger partial charge in [0, 0.05) is 62.0 Å². The van der Waals surface area contributed by atoms with Crippen molar-refractivity contribution in [2.75, 3.05) is 26.3 Å². The molecule has 1 amide bonds. The summed E-state index contributed by atoms with van der Waals surface area (Å²) < 4.78 is 79.2. The Morgan fingerprint density at radius 1 is 1.08 bits per heavy atom. The molecule has 0 bridgehead atoms. The topological polar surface area (TPSA) is 123 Å². The van der Waals surface area contributed by atoms with E-state index in [1.54, 1.807) is 6.92 Å². The summed E-state index contributed by atoms with van der Waals surface area (Å²) in [7, 11) is 0. The fraction of sp³-hybridized carbons (Fsp3) is 0.571. The molecule has 1 heterocycles. The number of benzene rings is 2. The molecule has 2 fully saturated rings. The molecule has 2 aromatic carbocycles. The number of nitrogens with one attached hydrogen (secondary N) is 2. The van der Waals surface area contributed by atoms with Crippen molar-refractivity contribution in [3.63, 3.8) is 0 Å². The first kappa shape index (κ1) is 37.4. The molecule has 4 rings (SSSR count). The number of halogens is 5. The Bertz CT molecular complexity index is 1450. The van der Waals surface area contributed by atoms with Crippen LogP contribution in [0.3, 0.4) is 0 Å². The Hall–Kier alpha value is -3.42. The maximum Gasteiger partial charge on any atom is 0.335 e. The van der Waals surface area contributed by atoms with Gasteiger partial charge in [-0.15, -0.1) is 0 Å². The summed E-state index contributed by atoms with van der Waals surface area (Å²) in [5.74, 6) is -7.56. The number of hydrogen-bond donors (Lipinski definition) is 4. The van der Waals surface area contributed by atoms with Crippen LogP contribution in [-0.4, -0.2) is 77.2 Å². The van der Waals surface area contributed by atoms with Gasteiger partial charge in [0.05, 0.1) is 16.5 Å². The first-order valence-corrected chi connectivity index (χ1v) is 16.4. The number of rotatable bonds is 14. The van der Waals surface area contributed by atoms with Gasteiger partial charge in [-0.1, -0.05) is 25.1 Å². The fourth-order valence-corrected chi connectivity index (χ4v) is 6.76. The molecule has 1 saturated heterocycles. The van der Waals surface area contributed by atoms with Crippen molar-refractivity contribution in [3.05, 3.63) is 70.0 Å². The number of carbonyl (C=O) groups excluding carboxylic acids is 1. The molecule has 48 heavy (non-hydrogen) atoms. The molecule has 0 spiro atoms. The highest BCUT2D eigenvalue weighted by atomic mass is 19.3. The first-order chi connectivity index (χ1) is 22.7. The summed E-state index contributed by atoms with van der Waals surface area (Å²) in [4.78, 5) is 27.3. The molecule has 8 nitrogen and oxygen atoms in total. The number of carboxylic acid groups (broad SMARTS) is 1. The zero-order valence-electron chi connectivity index (χ0n) is 27.2. The molecule has 264 valence electrons. The van der Waals surface area contributed by atoms with Crippen molar-refractivity contribution in [2.24, 2.45) is 5.92 Å². The Labute approximate surface area is 277 Å². The number of hydrogen-bond acceptors (Lipinski definition) is 6. The van der Waals surface area contributed by atoms with E-state index in [9.17, 15) is 37.4 Å². The monoisotopic (exact) mass is 681 g/mol. The predicted octanol–water partition coefficient (Wildman–Crippen LogP) is 6.94. The lowest BCUT2D eigenvalue weighted by molar-refractivity contribution is -0.0203. The number of aliphatic hydroxyl groups excluding tert-OH is 1. The van der Waals surface area contributed by atoms with Crippen LogP contribution < -0.4 is 5.32 Å². The summed E-state index contributed by atoms with van der Waals surface area (Å²) in [6.45, 7) is 4.69. The van der Waals surface area contributed by atoms with Gasteiger partial charge in [-0.05, 0) is 75.1 Å². The van der Waals surface area contributed by atoms with Crippen molar-refractivity contribution >= 4 is 17.6 Å². The number of aliphatic hydroxyl groups is 1. The summed E-state index contributed by atoms with van der Waals surface area (Å²) in [6, 6.07) is 5.62. The van der Waals surface area contributed by atoms with Crippen LogP contribution in [0.4, 0.5) is 22.0 Å². The Morgan fingerprint density at radius 3 is 2.38 bits per heavy atom. The van der Waals surface area contributed by atoms with E-state index in [-0.39, 0.29) is 54.5 Å². The fourth-order valence-electron chi connectivity index (χ4n) is 6.76. The van der Waals surface area contributed by atoms with Crippen LogP contribution in [0.1, 0.15) is 109 Å². The highest BCUT2D eigenvalue weighted by molar-refractivity contribution is 6.03. The van der Waals surface area contributed by atoms with E-state index in [1.807, 2.05) is 4.90 Å². The maximum absolute atomic E-state index is 15.2. The second kappa shape index (κ2) is 15.9. The van der Waals surface area contributed by atoms with Gasteiger partial charge < -0.3 is 25.7 Å². The third-order valence-electron chi connectivity index (χ3n) is 9.66. The molecule has 3 unspecified atom stereocenters. The molecule has 1 aliphatic carbocycles. The summed E-state index contributed by atoms with van der Waals surface area (Å²) in [5.41, 5.74) is -4.00. The molecule has 1 aliphatic heterocycles. The van der Waals surface area contributed by atoms with Crippen LogP contribution in [0.15, 0.2) is 36.4 Å². The molecule has 2 aliphatic rings. The number of carbonyl (C=O) groups is 2. The average molecular weight is 682 g/mol. The van der Waals surface area contributed by atoms with Crippen molar-refractivity contribution in [3.8, 4) is 0 Å². The van der Waals surface area contributed by atoms with E-state index >= 15 is 4.39 Å². The molecule has 4 N–H and O–H groups in total. The lowest BCUT2D eigenvalue weighted by Gasteiger charge is -2.33. The third kappa shape index (κ3) is 8.41. The van der Waals surface area contributed by atoms with Crippen molar-refractivity contribution in [2.45, 2.75) is 95.2 Å². The van der Waals surface area contributed by atoms with E-state index in [4.69, 9.17) is 10.1 Å². The lowest BCUT2D eigenvalue weighted by atomic mass is 9.82. The van der Waals surface area contributed by atoms with Crippen LogP contribution in [-0.2, 0) is 10.2 Å². The predicted molar refractivity (Wildman–Crippen MR) is 170 cm³/mol. The van der Waals surface area contributed by atoms with Crippen LogP contribution in [0.5, 0.6) is 0 Å². The Morgan fingerprint density at radius 2 is 1.77 bits per heavy atom. The number of nitrogens with zero attached hydrogens (tertiary/aromatic N) is 1.